The van der Waals surface area contributed by atoms with Crippen LogP contribution in [0.1, 0.15) is 19.8 Å². The third-order valence-corrected chi connectivity index (χ3v) is 1.26. The quantitative estimate of drug-likeness (QED) is 0.485. The van der Waals surface area contributed by atoms with Crippen molar-refractivity contribution in [3.8, 4) is 0 Å². The van der Waals surface area contributed by atoms with E-state index in [0.29, 0.717) is 0 Å². The third-order valence-electron chi connectivity index (χ3n) is 1.26. The van der Waals surface area contributed by atoms with Gasteiger partial charge in [-0.1, -0.05) is 6.92 Å². The molecule has 1 aliphatic rings. The van der Waals surface area contributed by atoms with E-state index in [4.69, 9.17) is 0 Å². The molecular formula is C6H10N2. The molecule has 1 heterocycles. The molecule has 0 saturated carbocycles. The molecule has 1 rings (SSSR count). The molecule has 0 aromatic carbocycles. The molecule has 0 N–H and O–H groups in total. The zero-order valence-corrected chi connectivity index (χ0v) is 5.09. The molecule has 0 spiro atoms. The molecule has 0 saturated heterocycles. The molecule has 2 nitrogen and oxygen atoms in total. The minimum absolute atomic E-state index is 0.937. The molecule has 0 amide bonds. The second kappa shape index (κ2) is 2.60. The molecule has 8 heavy (non-hydrogen) atoms. The summed E-state index contributed by atoms with van der Waals surface area (Å²) in [5, 5.41) is 0. The van der Waals surface area contributed by atoms with Crippen molar-refractivity contribution in [2.24, 2.45) is 9.98 Å². The fourth-order valence-corrected chi connectivity index (χ4v) is 0.706. The van der Waals surface area contributed by atoms with Crippen LogP contribution in [0.15, 0.2) is 9.98 Å². The van der Waals surface area contributed by atoms with Crippen molar-refractivity contribution >= 4 is 12.1 Å². The van der Waals surface area contributed by atoms with E-state index in [1.54, 1.807) is 6.34 Å². The Morgan fingerprint density at radius 1 is 1.75 bits per heavy atom. The number of hydrogen-bond donors (Lipinski definition) is 0. The fourth-order valence-electron chi connectivity index (χ4n) is 0.706. The summed E-state index contributed by atoms with van der Waals surface area (Å²) in [6.45, 7) is 3.06. The first kappa shape index (κ1) is 5.48. The Morgan fingerprint density at radius 2 is 2.62 bits per heavy atom. The molecule has 0 bridgehead atoms. The molecule has 0 radical (unpaired) electrons. The van der Waals surface area contributed by atoms with Crippen molar-refractivity contribution < 1.29 is 0 Å². The molecule has 44 valence electrons. The van der Waals surface area contributed by atoms with Gasteiger partial charge >= 0.3 is 0 Å². The van der Waals surface area contributed by atoms with Crippen molar-refractivity contribution in [2.45, 2.75) is 19.8 Å². The average Bonchev–Trinajstić information content (AvgIpc) is 1.90. The Kier molecular flexibility index (Phi) is 1.78. The van der Waals surface area contributed by atoms with Gasteiger partial charge in [0.2, 0.25) is 0 Å². The van der Waals surface area contributed by atoms with E-state index in [1.165, 1.54) is 5.71 Å². The summed E-state index contributed by atoms with van der Waals surface area (Å²) < 4.78 is 0. The van der Waals surface area contributed by atoms with Crippen molar-refractivity contribution in [3.63, 3.8) is 0 Å². The third kappa shape index (κ3) is 1.15. The van der Waals surface area contributed by atoms with Crippen LogP contribution in [0, 0.1) is 0 Å². The maximum atomic E-state index is 4.07. The highest BCUT2D eigenvalue weighted by molar-refractivity contribution is 5.91. The van der Waals surface area contributed by atoms with Crippen LogP contribution in [-0.4, -0.2) is 18.6 Å². The molecule has 0 aromatic rings. The van der Waals surface area contributed by atoms with Gasteiger partial charge < -0.3 is 0 Å². The van der Waals surface area contributed by atoms with Gasteiger partial charge in [-0.05, 0) is 6.42 Å². The first-order valence-corrected chi connectivity index (χ1v) is 2.97. The lowest BCUT2D eigenvalue weighted by atomic mass is 10.2. The monoisotopic (exact) mass is 110 g/mol. The van der Waals surface area contributed by atoms with Crippen LogP contribution in [-0.2, 0) is 0 Å². The van der Waals surface area contributed by atoms with E-state index in [2.05, 4.69) is 16.9 Å². The van der Waals surface area contributed by atoms with Crippen LogP contribution in [0.3, 0.4) is 0 Å². The Labute approximate surface area is 49.3 Å². The first-order chi connectivity index (χ1) is 3.93. The SMILES string of the molecule is CCC1=NC=NCC1. The van der Waals surface area contributed by atoms with Gasteiger partial charge in [0.15, 0.2) is 0 Å². The summed E-state index contributed by atoms with van der Waals surface area (Å²) in [6.07, 6.45) is 3.79. The van der Waals surface area contributed by atoms with E-state index >= 15 is 0 Å². The molecule has 0 unspecified atom stereocenters. The fraction of sp³-hybridized carbons (Fsp3) is 0.667. The molecule has 1 aliphatic heterocycles. The highest BCUT2D eigenvalue weighted by Crippen LogP contribution is 1.96. The predicted octanol–water partition coefficient (Wildman–Crippen LogP) is 1.27. The summed E-state index contributed by atoms with van der Waals surface area (Å²) in [7, 11) is 0. The Morgan fingerprint density at radius 3 is 3.00 bits per heavy atom. The minimum atomic E-state index is 0.937. The van der Waals surface area contributed by atoms with Gasteiger partial charge in [-0.15, -0.1) is 0 Å². The van der Waals surface area contributed by atoms with Crippen molar-refractivity contribution in [2.75, 3.05) is 6.54 Å². The van der Waals surface area contributed by atoms with Gasteiger partial charge in [-0.25, -0.2) is 4.99 Å². The average molecular weight is 110 g/mol. The topological polar surface area (TPSA) is 24.7 Å². The smallest absolute Gasteiger partial charge is 0.109 e. The van der Waals surface area contributed by atoms with Crippen molar-refractivity contribution in [1.82, 2.24) is 0 Å². The maximum Gasteiger partial charge on any atom is 0.109 e. The largest absolute Gasteiger partial charge is 0.273 e. The lowest BCUT2D eigenvalue weighted by molar-refractivity contribution is 0.994. The van der Waals surface area contributed by atoms with E-state index in [1.807, 2.05) is 0 Å². The van der Waals surface area contributed by atoms with E-state index in [-0.39, 0.29) is 0 Å². The Hall–Kier alpha value is -0.660. The van der Waals surface area contributed by atoms with Crippen LogP contribution in [0.2, 0.25) is 0 Å². The Bertz CT molecular complexity index is 124. The standard InChI is InChI=1S/C6H10N2/c1-2-6-3-4-7-5-8-6/h5H,2-4H2,1H3. The summed E-state index contributed by atoms with van der Waals surface area (Å²) in [5.74, 6) is 0. The number of hydrogen-bond acceptors (Lipinski definition) is 2. The number of rotatable bonds is 1. The molecule has 0 aromatic heterocycles. The van der Waals surface area contributed by atoms with Crippen LogP contribution in [0.5, 0.6) is 0 Å². The van der Waals surface area contributed by atoms with Gasteiger partial charge in [0.05, 0.1) is 0 Å². The van der Waals surface area contributed by atoms with Gasteiger partial charge in [0, 0.05) is 18.7 Å². The summed E-state index contributed by atoms with van der Waals surface area (Å²) in [5.41, 5.74) is 1.28. The van der Waals surface area contributed by atoms with Gasteiger partial charge in [-0.3, -0.25) is 4.99 Å². The molecule has 0 aliphatic carbocycles. The molecular weight excluding hydrogens is 100 g/mol. The van der Waals surface area contributed by atoms with E-state index in [9.17, 15) is 0 Å². The minimum Gasteiger partial charge on any atom is -0.273 e. The highest BCUT2D eigenvalue weighted by Gasteiger charge is 1.96. The zero-order chi connectivity index (χ0) is 5.82. The number of nitrogens with zero attached hydrogens (tertiary/aromatic N) is 2. The predicted molar refractivity (Wildman–Crippen MR) is 35.7 cm³/mol. The van der Waals surface area contributed by atoms with Crippen LogP contribution in [0.25, 0.3) is 0 Å². The normalized spacial score (nSPS) is 18.4. The maximum absolute atomic E-state index is 4.07. The second-order valence-electron chi connectivity index (χ2n) is 1.82. The van der Waals surface area contributed by atoms with E-state index in [0.717, 1.165) is 19.4 Å². The molecule has 2 heteroatoms. The summed E-state index contributed by atoms with van der Waals surface area (Å²) in [4.78, 5) is 8.04. The van der Waals surface area contributed by atoms with Gasteiger partial charge in [0.1, 0.15) is 6.34 Å². The van der Waals surface area contributed by atoms with Crippen molar-refractivity contribution in [1.29, 1.82) is 0 Å². The zero-order valence-electron chi connectivity index (χ0n) is 5.09. The summed E-state index contributed by atoms with van der Waals surface area (Å²) in [6, 6.07) is 0. The lowest BCUT2D eigenvalue weighted by Gasteiger charge is -2.01. The van der Waals surface area contributed by atoms with Crippen LogP contribution >= 0.6 is 0 Å². The van der Waals surface area contributed by atoms with Crippen molar-refractivity contribution in [3.05, 3.63) is 0 Å². The Balaban J connectivity index is 2.50. The molecule has 0 atom stereocenters. The molecule has 0 fully saturated rings. The highest BCUT2D eigenvalue weighted by atomic mass is 14.9. The van der Waals surface area contributed by atoms with Crippen LogP contribution in [0.4, 0.5) is 0 Å². The first-order valence-electron chi connectivity index (χ1n) is 2.97. The van der Waals surface area contributed by atoms with E-state index < -0.39 is 0 Å². The lowest BCUT2D eigenvalue weighted by Crippen LogP contribution is -2.03. The summed E-state index contributed by atoms with van der Waals surface area (Å²) >= 11 is 0. The van der Waals surface area contributed by atoms with Crippen LogP contribution < -0.4 is 0 Å². The van der Waals surface area contributed by atoms with Gasteiger partial charge in [-0.2, -0.15) is 0 Å². The van der Waals surface area contributed by atoms with Gasteiger partial charge in [0.25, 0.3) is 0 Å². The number of aliphatic imine (C=N–C) groups is 2. The second-order valence-corrected chi connectivity index (χ2v) is 1.82.